The third-order valence-electron chi connectivity index (χ3n) is 2.05. The lowest BCUT2D eigenvalue weighted by Crippen LogP contribution is -2.14. The number of amides is 1. The van der Waals surface area contributed by atoms with Crippen LogP contribution >= 0.6 is 11.8 Å². The molecule has 1 heterocycles. The average Bonchev–Trinajstić information content (AvgIpc) is 2.66. The van der Waals surface area contributed by atoms with Crippen LogP contribution < -0.4 is 5.32 Å². The molecule has 17 heavy (non-hydrogen) atoms. The van der Waals surface area contributed by atoms with Crippen LogP contribution in [0.4, 0.5) is 5.82 Å². The zero-order chi connectivity index (χ0) is 12.9. The molecule has 0 unspecified atom stereocenters. The van der Waals surface area contributed by atoms with Crippen molar-refractivity contribution in [2.75, 3.05) is 16.8 Å². The summed E-state index contributed by atoms with van der Waals surface area (Å²) in [6.07, 6.45) is 0. The van der Waals surface area contributed by atoms with E-state index in [4.69, 9.17) is 5.26 Å². The number of carbonyl (C=O) groups is 1. The lowest BCUT2D eigenvalue weighted by molar-refractivity contribution is -0.113. The average molecular weight is 252 g/mol. The summed E-state index contributed by atoms with van der Waals surface area (Å²) >= 11 is 1.28. The molecule has 1 rings (SSSR count). The topological polar surface area (TPSA) is 81.6 Å². The van der Waals surface area contributed by atoms with E-state index in [1.807, 2.05) is 12.1 Å². The quantitative estimate of drug-likeness (QED) is 0.802. The zero-order valence-electron chi connectivity index (χ0n) is 10.2. The number of aromatic nitrogens is 2. The monoisotopic (exact) mass is 252 g/mol. The maximum Gasteiger partial charge on any atom is 0.235 e. The SMILES string of the molecule is CC(C)(C)c1cc(NC(=O)CSCC#N)n[nH]1. The Labute approximate surface area is 105 Å². The summed E-state index contributed by atoms with van der Waals surface area (Å²) in [7, 11) is 0. The van der Waals surface area contributed by atoms with Crippen LogP contribution in [0.25, 0.3) is 0 Å². The molecule has 0 bridgehead atoms. The van der Waals surface area contributed by atoms with Crippen molar-refractivity contribution in [3.8, 4) is 6.07 Å². The molecule has 92 valence electrons. The van der Waals surface area contributed by atoms with Crippen molar-refractivity contribution in [2.24, 2.45) is 0 Å². The smallest absolute Gasteiger partial charge is 0.235 e. The van der Waals surface area contributed by atoms with E-state index in [0.29, 0.717) is 11.6 Å². The van der Waals surface area contributed by atoms with Gasteiger partial charge in [0.2, 0.25) is 5.91 Å². The first-order valence-electron chi connectivity index (χ1n) is 5.24. The van der Waals surface area contributed by atoms with Crippen molar-refractivity contribution in [1.82, 2.24) is 10.2 Å². The van der Waals surface area contributed by atoms with Crippen molar-refractivity contribution < 1.29 is 4.79 Å². The first-order valence-corrected chi connectivity index (χ1v) is 6.39. The second-order valence-electron chi connectivity index (χ2n) is 4.62. The van der Waals surface area contributed by atoms with Crippen LogP contribution in [0.5, 0.6) is 0 Å². The van der Waals surface area contributed by atoms with Crippen molar-refractivity contribution in [1.29, 1.82) is 5.26 Å². The van der Waals surface area contributed by atoms with Crippen LogP contribution in [0.15, 0.2) is 6.07 Å². The molecule has 0 aromatic carbocycles. The molecule has 2 N–H and O–H groups in total. The van der Waals surface area contributed by atoms with Gasteiger partial charge in [0.05, 0.1) is 17.6 Å². The van der Waals surface area contributed by atoms with Crippen LogP contribution in [-0.2, 0) is 10.2 Å². The molecule has 1 amide bonds. The number of hydrogen-bond acceptors (Lipinski definition) is 4. The first kappa shape index (κ1) is 13.6. The molecule has 0 spiro atoms. The Hall–Kier alpha value is -1.48. The molecule has 0 atom stereocenters. The van der Waals surface area contributed by atoms with E-state index in [0.717, 1.165) is 5.69 Å². The number of H-pyrrole nitrogens is 1. The molecule has 1 aromatic rings. The highest BCUT2D eigenvalue weighted by Crippen LogP contribution is 2.21. The zero-order valence-corrected chi connectivity index (χ0v) is 11.0. The lowest BCUT2D eigenvalue weighted by Gasteiger charge is -2.14. The molecule has 0 aliphatic heterocycles. The van der Waals surface area contributed by atoms with Crippen molar-refractivity contribution in [3.63, 3.8) is 0 Å². The normalized spacial score (nSPS) is 10.9. The number of aromatic amines is 1. The summed E-state index contributed by atoms with van der Waals surface area (Å²) in [4.78, 5) is 11.5. The molecule has 0 aliphatic carbocycles. The van der Waals surface area contributed by atoms with Crippen molar-refractivity contribution in [3.05, 3.63) is 11.8 Å². The number of carbonyl (C=O) groups excluding carboxylic acids is 1. The second kappa shape index (κ2) is 5.73. The van der Waals surface area contributed by atoms with E-state index in [2.05, 4.69) is 36.3 Å². The van der Waals surface area contributed by atoms with Gasteiger partial charge in [0.15, 0.2) is 5.82 Å². The number of rotatable bonds is 4. The standard InChI is InChI=1S/C11H16N4OS/c1-11(2,3)8-6-9(15-14-8)13-10(16)7-17-5-4-12/h6H,5,7H2,1-3H3,(H2,13,14,15,16). The Bertz CT molecular complexity index is 427. The minimum absolute atomic E-state index is 0.0223. The Morgan fingerprint density at radius 1 is 1.65 bits per heavy atom. The summed E-state index contributed by atoms with van der Waals surface area (Å²) in [5.74, 6) is 0.974. The van der Waals surface area contributed by atoms with E-state index in [1.165, 1.54) is 11.8 Å². The van der Waals surface area contributed by atoms with E-state index < -0.39 is 0 Å². The highest BCUT2D eigenvalue weighted by atomic mass is 32.2. The summed E-state index contributed by atoms with van der Waals surface area (Å²) in [6.45, 7) is 6.19. The third-order valence-corrected chi connectivity index (χ3v) is 2.85. The van der Waals surface area contributed by atoms with Gasteiger partial charge in [-0.2, -0.15) is 10.4 Å². The molecule has 0 saturated heterocycles. The highest BCUT2D eigenvalue weighted by molar-refractivity contribution is 8.00. The molecular formula is C11H16N4OS. The molecular weight excluding hydrogens is 236 g/mol. The molecule has 0 aliphatic rings. The van der Waals surface area contributed by atoms with Gasteiger partial charge in [-0.1, -0.05) is 20.8 Å². The van der Waals surface area contributed by atoms with Gasteiger partial charge in [-0.05, 0) is 0 Å². The van der Waals surface area contributed by atoms with Crippen LogP contribution in [0.3, 0.4) is 0 Å². The van der Waals surface area contributed by atoms with E-state index in [9.17, 15) is 4.79 Å². The van der Waals surface area contributed by atoms with Gasteiger partial charge in [-0.3, -0.25) is 9.89 Å². The maximum absolute atomic E-state index is 11.5. The largest absolute Gasteiger partial charge is 0.308 e. The van der Waals surface area contributed by atoms with Crippen molar-refractivity contribution in [2.45, 2.75) is 26.2 Å². The molecule has 1 aromatic heterocycles. The second-order valence-corrected chi connectivity index (χ2v) is 5.60. The fourth-order valence-electron chi connectivity index (χ4n) is 1.14. The minimum atomic E-state index is -0.141. The van der Waals surface area contributed by atoms with Gasteiger partial charge in [0, 0.05) is 17.2 Å². The maximum atomic E-state index is 11.5. The number of anilines is 1. The Kier molecular flexibility index (Phi) is 4.58. The third kappa shape index (κ3) is 4.49. The summed E-state index contributed by atoms with van der Waals surface area (Å²) in [6, 6.07) is 3.80. The van der Waals surface area contributed by atoms with Gasteiger partial charge in [-0.25, -0.2) is 0 Å². The van der Waals surface area contributed by atoms with Gasteiger partial charge >= 0.3 is 0 Å². The van der Waals surface area contributed by atoms with Gasteiger partial charge in [0.1, 0.15) is 0 Å². The van der Waals surface area contributed by atoms with E-state index >= 15 is 0 Å². The van der Waals surface area contributed by atoms with Crippen molar-refractivity contribution >= 4 is 23.5 Å². The summed E-state index contributed by atoms with van der Waals surface area (Å²) in [5, 5.41) is 17.9. The molecule has 0 radical (unpaired) electrons. The number of thioether (sulfide) groups is 1. The first-order chi connectivity index (χ1) is 7.93. The fraction of sp³-hybridized carbons (Fsp3) is 0.545. The van der Waals surface area contributed by atoms with Gasteiger partial charge in [0.25, 0.3) is 0 Å². The number of nitrogens with zero attached hydrogens (tertiary/aromatic N) is 2. The number of hydrogen-bond donors (Lipinski definition) is 2. The van der Waals surface area contributed by atoms with Crippen LogP contribution in [0.1, 0.15) is 26.5 Å². The van der Waals surface area contributed by atoms with E-state index in [1.54, 1.807) is 0 Å². The molecule has 6 heteroatoms. The fourth-order valence-corrected chi connectivity index (χ4v) is 1.59. The van der Waals surface area contributed by atoms with Gasteiger partial charge in [-0.15, -0.1) is 11.8 Å². The lowest BCUT2D eigenvalue weighted by atomic mass is 9.92. The van der Waals surface area contributed by atoms with Crippen LogP contribution in [-0.4, -0.2) is 27.6 Å². The minimum Gasteiger partial charge on any atom is -0.308 e. The van der Waals surface area contributed by atoms with Gasteiger partial charge < -0.3 is 5.32 Å². The number of nitrogens with one attached hydrogen (secondary N) is 2. The highest BCUT2D eigenvalue weighted by Gasteiger charge is 2.17. The van der Waals surface area contributed by atoms with E-state index in [-0.39, 0.29) is 17.1 Å². The molecule has 0 fully saturated rings. The summed E-state index contributed by atoms with van der Waals surface area (Å²) in [5.41, 5.74) is 0.948. The Balaban J connectivity index is 2.50. The molecule has 5 nitrogen and oxygen atoms in total. The Morgan fingerprint density at radius 2 is 2.35 bits per heavy atom. The van der Waals surface area contributed by atoms with Crippen LogP contribution in [0, 0.1) is 11.3 Å². The predicted molar refractivity (Wildman–Crippen MR) is 68.9 cm³/mol. The van der Waals surface area contributed by atoms with Crippen LogP contribution in [0.2, 0.25) is 0 Å². The predicted octanol–water partition coefficient (Wildman–Crippen LogP) is 1.90. The summed E-state index contributed by atoms with van der Waals surface area (Å²) < 4.78 is 0. The number of nitriles is 1. The molecule has 0 saturated carbocycles. The Morgan fingerprint density at radius 3 is 2.88 bits per heavy atom.